The zero-order valence-electron chi connectivity index (χ0n) is 13.7. The standard InChI is InChI=1S/C16H18FN3O4S/c1-12-10-15(18-24-12)16(21)19-6-8-20(9-7-19)25(22,23)11-13-2-4-14(17)5-3-13/h2-5,10H,6-9,11H2,1H3. The summed E-state index contributed by atoms with van der Waals surface area (Å²) in [5.41, 5.74) is 0.748. The minimum absolute atomic E-state index is 0.191. The molecule has 1 aliphatic rings. The fourth-order valence-electron chi connectivity index (χ4n) is 2.68. The van der Waals surface area contributed by atoms with Gasteiger partial charge in [0.1, 0.15) is 11.6 Å². The second-order valence-corrected chi connectivity index (χ2v) is 7.87. The molecule has 0 unspecified atom stereocenters. The number of halogens is 1. The van der Waals surface area contributed by atoms with E-state index in [0.717, 1.165) is 0 Å². The van der Waals surface area contributed by atoms with E-state index in [1.54, 1.807) is 17.9 Å². The van der Waals surface area contributed by atoms with Crippen LogP contribution in [0.25, 0.3) is 0 Å². The third kappa shape index (κ3) is 4.05. The van der Waals surface area contributed by atoms with E-state index in [1.165, 1.54) is 28.6 Å². The van der Waals surface area contributed by atoms with Crippen LogP contribution in [0, 0.1) is 12.7 Å². The maximum atomic E-state index is 12.9. The molecule has 134 valence electrons. The zero-order chi connectivity index (χ0) is 18.0. The van der Waals surface area contributed by atoms with Crippen LogP contribution in [0.1, 0.15) is 21.8 Å². The third-order valence-corrected chi connectivity index (χ3v) is 5.88. The molecule has 0 spiro atoms. The number of piperazine rings is 1. The highest BCUT2D eigenvalue weighted by atomic mass is 32.2. The van der Waals surface area contributed by atoms with Crippen molar-refractivity contribution in [2.75, 3.05) is 26.2 Å². The molecule has 0 saturated carbocycles. The Morgan fingerprint density at radius 2 is 1.84 bits per heavy atom. The van der Waals surface area contributed by atoms with Gasteiger partial charge in [-0.25, -0.2) is 12.8 Å². The molecule has 1 aromatic heterocycles. The Hall–Kier alpha value is -2.26. The molecule has 0 N–H and O–H groups in total. The Labute approximate surface area is 145 Å². The molecule has 2 heterocycles. The van der Waals surface area contributed by atoms with Gasteiger partial charge in [0.05, 0.1) is 5.75 Å². The van der Waals surface area contributed by atoms with Crippen molar-refractivity contribution in [3.05, 3.63) is 53.2 Å². The predicted octanol–water partition coefficient (Wildman–Crippen LogP) is 1.41. The number of sulfonamides is 1. The number of amides is 1. The molecule has 1 saturated heterocycles. The van der Waals surface area contributed by atoms with Crippen LogP contribution in [0.3, 0.4) is 0 Å². The quantitative estimate of drug-likeness (QED) is 0.816. The van der Waals surface area contributed by atoms with Crippen LogP contribution in [-0.4, -0.2) is 54.9 Å². The van der Waals surface area contributed by atoms with E-state index in [0.29, 0.717) is 11.3 Å². The number of aromatic nitrogens is 1. The average molecular weight is 367 g/mol. The average Bonchev–Trinajstić information content (AvgIpc) is 3.03. The van der Waals surface area contributed by atoms with Crippen LogP contribution in [-0.2, 0) is 15.8 Å². The maximum absolute atomic E-state index is 12.9. The first-order valence-electron chi connectivity index (χ1n) is 7.80. The van der Waals surface area contributed by atoms with E-state index >= 15 is 0 Å². The van der Waals surface area contributed by atoms with Gasteiger partial charge in [0.2, 0.25) is 10.0 Å². The Bertz CT molecular complexity index is 856. The van der Waals surface area contributed by atoms with Gasteiger partial charge in [-0.3, -0.25) is 4.79 Å². The molecule has 3 rings (SSSR count). The van der Waals surface area contributed by atoms with Gasteiger partial charge in [-0.2, -0.15) is 4.31 Å². The van der Waals surface area contributed by atoms with E-state index in [-0.39, 0.29) is 43.5 Å². The van der Waals surface area contributed by atoms with Crippen LogP contribution < -0.4 is 0 Å². The Morgan fingerprint density at radius 1 is 1.20 bits per heavy atom. The Morgan fingerprint density at radius 3 is 2.40 bits per heavy atom. The summed E-state index contributed by atoms with van der Waals surface area (Å²) >= 11 is 0. The van der Waals surface area contributed by atoms with E-state index in [2.05, 4.69) is 5.16 Å². The molecule has 1 aliphatic heterocycles. The maximum Gasteiger partial charge on any atom is 0.276 e. The highest BCUT2D eigenvalue weighted by Gasteiger charge is 2.30. The largest absolute Gasteiger partial charge is 0.361 e. The number of hydrogen-bond acceptors (Lipinski definition) is 5. The van der Waals surface area contributed by atoms with Gasteiger partial charge in [-0.1, -0.05) is 17.3 Å². The Balaban J connectivity index is 1.61. The lowest BCUT2D eigenvalue weighted by molar-refractivity contribution is 0.0687. The molecule has 0 radical (unpaired) electrons. The number of nitrogens with zero attached hydrogens (tertiary/aromatic N) is 3. The van der Waals surface area contributed by atoms with Crippen molar-refractivity contribution in [3.63, 3.8) is 0 Å². The number of carbonyl (C=O) groups is 1. The van der Waals surface area contributed by atoms with Crippen LogP contribution in [0.15, 0.2) is 34.9 Å². The summed E-state index contributed by atoms with van der Waals surface area (Å²) in [4.78, 5) is 13.8. The van der Waals surface area contributed by atoms with E-state index < -0.39 is 15.8 Å². The van der Waals surface area contributed by atoms with Gasteiger partial charge in [0.25, 0.3) is 5.91 Å². The fourth-order valence-corrected chi connectivity index (χ4v) is 4.20. The smallest absolute Gasteiger partial charge is 0.276 e. The third-order valence-electron chi connectivity index (χ3n) is 4.03. The molecule has 25 heavy (non-hydrogen) atoms. The molecule has 1 aromatic carbocycles. The van der Waals surface area contributed by atoms with Gasteiger partial charge in [0, 0.05) is 32.2 Å². The highest BCUT2D eigenvalue weighted by Crippen LogP contribution is 2.16. The summed E-state index contributed by atoms with van der Waals surface area (Å²) in [6.45, 7) is 2.70. The van der Waals surface area contributed by atoms with Gasteiger partial charge in [-0.05, 0) is 24.6 Å². The molecule has 1 amide bonds. The molecular formula is C16H18FN3O4S. The summed E-state index contributed by atoms with van der Waals surface area (Å²) in [6.07, 6.45) is 0. The van der Waals surface area contributed by atoms with Crippen LogP contribution in [0.2, 0.25) is 0 Å². The monoisotopic (exact) mass is 367 g/mol. The van der Waals surface area contributed by atoms with Gasteiger partial charge >= 0.3 is 0 Å². The fraction of sp³-hybridized carbons (Fsp3) is 0.375. The van der Waals surface area contributed by atoms with Crippen molar-refractivity contribution in [2.45, 2.75) is 12.7 Å². The molecule has 9 heteroatoms. The van der Waals surface area contributed by atoms with Crippen molar-refractivity contribution in [1.82, 2.24) is 14.4 Å². The number of benzene rings is 1. The summed E-state index contributed by atoms with van der Waals surface area (Å²) in [6, 6.07) is 6.95. The lowest BCUT2D eigenvalue weighted by Gasteiger charge is -2.33. The van der Waals surface area contributed by atoms with E-state index in [9.17, 15) is 17.6 Å². The van der Waals surface area contributed by atoms with Crippen LogP contribution in [0.4, 0.5) is 4.39 Å². The van der Waals surface area contributed by atoms with Crippen molar-refractivity contribution >= 4 is 15.9 Å². The van der Waals surface area contributed by atoms with Crippen molar-refractivity contribution < 1.29 is 22.1 Å². The zero-order valence-corrected chi connectivity index (χ0v) is 14.5. The van der Waals surface area contributed by atoms with Gasteiger partial charge in [0.15, 0.2) is 5.69 Å². The van der Waals surface area contributed by atoms with Crippen LogP contribution >= 0.6 is 0 Å². The topological polar surface area (TPSA) is 83.7 Å². The molecule has 0 bridgehead atoms. The van der Waals surface area contributed by atoms with E-state index in [4.69, 9.17) is 4.52 Å². The first-order valence-corrected chi connectivity index (χ1v) is 9.41. The second-order valence-electron chi connectivity index (χ2n) is 5.90. The summed E-state index contributed by atoms with van der Waals surface area (Å²) in [7, 11) is -3.52. The lowest BCUT2D eigenvalue weighted by atomic mass is 10.2. The molecule has 2 aromatic rings. The molecule has 7 nitrogen and oxygen atoms in total. The number of carbonyl (C=O) groups excluding carboxylic acids is 1. The van der Waals surface area contributed by atoms with Crippen LogP contribution in [0.5, 0.6) is 0 Å². The summed E-state index contributed by atoms with van der Waals surface area (Å²) in [5, 5.41) is 3.69. The van der Waals surface area contributed by atoms with E-state index in [1.807, 2.05) is 0 Å². The highest BCUT2D eigenvalue weighted by molar-refractivity contribution is 7.88. The van der Waals surface area contributed by atoms with Crippen molar-refractivity contribution in [2.24, 2.45) is 0 Å². The number of rotatable bonds is 4. The Kier molecular flexibility index (Phi) is 4.87. The first kappa shape index (κ1) is 17.6. The molecule has 0 aliphatic carbocycles. The molecule has 0 atom stereocenters. The normalized spacial score (nSPS) is 16.2. The summed E-state index contributed by atoms with van der Waals surface area (Å²) in [5.74, 6) is -0.323. The first-order chi connectivity index (χ1) is 11.8. The summed E-state index contributed by atoms with van der Waals surface area (Å²) < 4.78 is 44.2. The minimum atomic E-state index is -3.52. The minimum Gasteiger partial charge on any atom is -0.361 e. The lowest BCUT2D eigenvalue weighted by Crippen LogP contribution is -2.50. The molecule has 1 fully saturated rings. The molecular weight excluding hydrogens is 349 g/mol. The van der Waals surface area contributed by atoms with Gasteiger partial charge < -0.3 is 9.42 Å². The van der Waals surface area contributed by atoms with Gasteiger partial charge in [-0.15, -0.1) is 0 Å². The number of aryl methyl sites for hydroxylation is 1. The van der Waals surface area contributed by atoms with Crippen molar-refractivity contribution in [3.8, 4) is 0 Å². The predicted molar refractivity (Wildman–Crippen MR) is 87.7 cm³/mol. The van der Waals surface area contributed by atoms with Crippen molar-refractivity contribution in [1.29, 1.82) is 0 Å². The number of hydrogen-bond donors (Lipinski definition) is 0. The second kappa shape index (κ2) is 6.93. The SMILES string of the molecule is Cc1cc(C(=O)N2CCN(S(=O)(=O)Cc3ccc(F)cc3)CC2)no1.